The van der Waals surface area contributed by atoms with Crippen LogP contribution in [0.15, 0.2) is 67.0 Å². The summed E-state index contributed by atoms with van der Waals surface area (Å²) in [4.78, 5) is 16.9. The smallest absolute Gasteiger partial charge is 0.319 e. The predicted octanol–water partition coefficient (Wildman–Crippen LogP) is 4.43. The molecule has 2 aromatic heterocycles. The number of anilines is 1. The summed E-state index contributed by atoms with van der Waals surface area (Å²) in [5.74, 6) is 1.49. The minimum absolute atomic E-state index is 0.0735. The number of aryl methyl sites for hydroxylation is 1. The second-order valence-electron chi connectivity index (χ2n) is 7.37. The van der Waals surface area contributed by atoms with Gasteiger partial charge in [-0.05, 0) is 66.8 Å². The van der Waals surface area contributed by atoms with Gasteiger partial charge in [-0.1, -0.05) is 18.2 Å². The zero-order chi connectivity index (χ0) is 20.3. The molecule has 0 bridgehead atoms. The van der Waals surface area contributed by atoms with E-state index in [4.69, 9.17) is 4.74 Å². The molecule has 7 heteroatoms. The topological polar surface area (TPSA) is 91.9 Å². The number of nitrogens with one attached hydrogen (secondary N) is 3. The fourth-order valence-corrected chi connectivity index (χ4v) is 3.86. The van der Waals surface area contributed by atoms with Crippen LogP contribution in [0.2, 0.25) is 0 Å². The molecule has 0 saturated carbocycles. The lowest BCUT2D eigenvalue weighted by Crippen LogP contribution is -2.41. The maximum Gasteiger partial charge on any atom is 0.319 e. The molecule has 0 saturated heterocycles. The lowest BCUT2D eigenvalue weighted by atomic mass is 9.88. The van der Waals surface area contributed by atoms with Crippen LogP contribution in [0.1, 0.15) is 17.5 Å². The zero-order valence-electron chi connectivity index (χ0n) is 16.3. The van der Waals surface area contributed by atoms with Crippen molar-refractivity contribution in [1.82, 2.24) is 20.5 Å². The molecular weight excluding hydrogens is 378 g/mol. The highest BCUT2D eigenvalue weighted by Gasteiger charge is 2.22. The number of hydrogen-bond acceptors (Lipinski definition) is 4. The van der Waals surface area contributed by atoms with Gasteiger partial charge in [0, 0.05) is 23.3 Å². The van der Waals surface area contributed by atoms with Crippen molar-refractivity contribution in [3.05, 3.63) is 78.1 Å². The number of ether oxygens (including phenoxy) is 1. The molecule has 3 N–H and O–H groups in total. The van der Waals surface area contributed by atoms with Crippen LogP contribution in [0.5, 0.6) is 11.5 Å². The highest BCUT2D eigenvalue weighted by Crippen LogP contribution is 2.27. The number of nitrogens with zero attached hydrogens (tertiary/aromatic N) is 2. The summed E-state index contributed by atoms with van der Waals surface area (Å²) in [6.45, 7) is 0. The molecule has 1 unspecified atom stereocenters. The summed E-state index contributed by atoms with van der Waals surface area (Å²) in [6.07, 6.45) is 6.25. The number of hydrogen-bond donors (Lipinski definition) is 3. The van der Waals surface area contributed by atoms with Crippen LogP contribution in [0, 0.1) is 0 Å². The highest BCUT2D eigenvalue weighted by atomic mass is 16.5. The number of H-pyrrole nitrogens is 1. The molecule has 150 valence electrons. The van der Waals surface area contributed by atoms with E-state index in [1.165, 1.54) is 11.1 Å². The van der Waals surface area contributed by atoms with Crippen LogP contribution >= 0.6 is 0 Å². The molecule has 5 rings (SSSR count). The monoisotopic (exact) mass is 399 g/mol. The molecule has 30 heavy (non-hydrogen) atoms. The number of pyridine rings is 1. The van der Waals surface area contributed by atoms with E-state index in [9.17, 15) is 4.79 Å². The number of carbonyl (C=O) groups excluding carboxylic acids is 1. The summed E-state index contributed by atoms with van der Waals surface area (Å²) in [6, 6.07) is 16.8. The number of para-hydroxylation sites is 1. The molecule has 2 heterocycles. The Morgan fingerprint density at radius 1 is 1.03 bits per heavy atom. The van der Waals surface area contributed by atoms with E-state index < -0.39 is 0 Å². The van der Waals surface area contributed by atoms with E-state index in [1.807, 2.05) is 67.0 Å². The third-order valence-electron chi connectivity index (χ3n) is 5.32. The summed E-state index contributed by atoms with van der Waals surface area (Å²) in [5.41, 5.74) is 3.98. The molecule has 4 aromatic rings. The summed E-state index contributed by atoms with van der Waals surface area (Å²) < 4.78 is 5.78. The maximum absolute atomic E-state index is 12.5. The highest BCUT2D eigenvalue weighted by molar-refractivity contribution is 5.89. The van der Waals surface area contributed by atoms with Gasteiger partial charge in [0.05, 0.1) is 6.20 Å². The van der Waals surface area contributed by atoms with Crippen LogP contribution in [0.3, 0.4) is 0 Å². The average Bonchev–Trinajstić information content (AvgIpc) is 3.25. The van der Waals surface area contributed by atoms with Crippen molar-refractivity contribution in [2.24, 2.45) is 0 Å². The minimum atomic E-state index is -0.211. The first-order chi connectivity index (χ1) is 14.7. The Labute approximate surface area is 173 Å². The molecule has 2 aromatic carbocycles. The van der Waals surface area contributed by atoms with Gasteiger partial charge >= 0.3 is 6.03 Å². The molecule has 1 atom stereocenters. The van der Waals surface area contributed by atoms with Crippen LogP contribution in [-0.2, 0) is 12.8 Å². The van der Waals surface area contributed by atoms with Crippen molar-refractivity contribution in [1.29, 1.82) is 0 Å². The lowest BCUT2D eigenvalue weighted by Gasteiger charge is -2.25. The number of urea groups is 1. The molecule has 1 aliphatic rings. The van der Waals surface area contributed by atoms with Gasteiger partial charge in [0.1, 0.15) is 11.5 Å². The molecule has 1 aliphatic carbocycles. The minimum Gasteiger partial charge on any atom is -0.457 e. The van der Waals surface area contributed by atoms with E-state index in [-0.39, 0.29) is 12.1 Å². The van der Waals surface area contributed by atoms with Crippen molar-refractivity contribution < 1.29 is 9.53 Å². The van der Waals surface area contributed by atoms with Gasteiger partial charge in [-0.2, -0.15) is 5.10 Å². The van der Waals surface area contributed by atoms with Crippen LogP contribution < -0.4 is 15.4 Å². The standard InChI is InChI=1S/C23H21N5O2/c29-23(26-16-6-9-19(10-7-16)30-18-4-2-1-3-5-18)27-17-8-11-20-15(12-17)13-24-22-21(20)14-25-28-22/h1-7,9-10,13-14,17H,8,11-12H2,(H,24,25,28)(H2,26,27,29). The number of amides is 2. The first kappa shape index (κ1) is 18.2. The van der Waals surface area contributed by atoms with Crippen LogP contribution in [0.4, 0.5) is 10.5 Å². The SMILES string of the molecule is O=C(Nc1ccc(Oc2ccccc2)cc1)NC1CCc2c(cnc3[nH]ncc23)C1. The maximum atomic E-state index is 12.5. The fourth-order valence-electron chi connectivity index (χ4n) is 3.86. The predicted molar refractivity (Wildman–Crippen MR) is 115 cm³/mol. The summed E-state index contributed by atoms with van der Waals surface area (Å²) in [5, 5.41) is 14.0. The van der Waals surface area contributed by atoms with Gasteiger partial charge in [-0.3, -0.25) is 5.10 Å². The first-order valence-electron chi connectivity index (χ1n) is 9.95. The lowest BCUT2D eigenvalue weighted by molar-refractivity contribution is 0.247. The van der Waals surface area contributed by atoms with Gasteiger partial charge in [0.15, 0.2) is 5.65 Å². The van der Waals surface area contributed by atoms with Gasteiger partial charge in [0.25, 0.3) is 0 Å². The van der Waals surface area contributed by atoms with E-state index in [0.29, 0.717) is 11.4 Å². The molecule has 2 amide bonds. The number of benzene rings is 2. The average molecular weight is 399 g/mol. The Morgan fingerprint density at radius 2 is 1.83 bits per heavy atom. The van der Waals surface area contributed by atoms with Gasteiger partial charge in [0.2, 0.25) is 0 Å². The first-order valence-corrected chi connectivity index (χ1v) is 9.95. The van der Waals surface area contributed by atoms with Gasteiger partial charge < -0.3 is 15.4 Å². The molecule has 7 nitrogen and oxygen atoms in total. The third kappa shape index (κ3) is 3.82. The fraction of sp³-hybridized carbons (Fsp3) is 0.174. The number of rotatable bonds is 4. The van der Waals surface area contributed by atoms with E-state index in [0.717, 1.165) is 36.0 Å². The van der Waals surface area contributed by atoms with E-state index in [1.54, 1.807) is 0 Å². The summed E-state index contributed by atoms with van der Waals surface area (Å²) >= 11 is 0. The normalized spacial score (nSPS) is 15.4. The van der Waals surface area contributed by atoms with E-state index >= 15 is 0 Å². The second kappa shape index (κ2) is 7.87. The number of fused-ring (bicyclic) bond motifs is 3. The second-order valence-corrected chi connectivity index (χ2v) is 7.37. The van der Waals surface area contributed by atoms with Crippen molar-refractivity contribution >= 4 is 22.8 Å². The number of aromatic nitrogens is 3. The number of carbonyl (C=O) groups is 1. The van der Waals surface area contributed by atoms with Gasteiger partial charge in [-0.25, -0.2) is 9.78 Å². The Kier molecular flexibility index (Phi) is 4.77. The van der Waals surface area contributed by atoms with Crippen molar-refractivity contribution in [2.75, 3.05) is 5.32 Å². The van der Waals surface area contributed by atoms with Gasteiger partial charge in [-0.15, -0.1) is 0 Å². The largest absolute Gasteiger partial charge is 0.457 e. The Hall–Kier alpha value is -3.87. The van der Waals surface area contributed by atoms with Crippen molar-refractivity contribution in [3.8, 4) is 11.5 Å². The Balaban J connectivity index is 1.18. The molecule has 0 fully saturated rings. The van der Waals surface area contributed by atoms with Crippen molar-refractivity contribution in [3.63, 3.8) is 0 Å². The third-order valence-corrected chi connectivity index (χ3v) is 5.32. The quantitative estimate of drug-likeness (QED) is 0.473. The molecular formula is C23H21N5O2. The molecule has 0 spiro atoms. The molecule has 0 aliphatic heterocycles. The van der Waals surface area contributed by atoms with Crippen LogP contribution in [-0.4, -0.2) is 27.3 Å². The van der Waals surface area contributed by atoms with Crippen molar-refractivity contribution in [2.45, 2.75) is 25.3 Å². The summed E-state index contributed by atoms with van der Waals surface area (Å²) in [7, 11) is 0. The zero-order valence-corrected chi connectivity index (χ0v) is 16.3. The van der Waals surface area contributed by atoms with E-state index in [2.05, 4.69) is 25.8 Å². The number of aromatic amines is 1. The Bertz CT molecular complexity index is 1170. The Morgan fingerprint density at radius 3 is 2.67 bits per heavy atom. The van der Waals surface area contributed by atoms with Crippen LogP contribution in [0.25, 0.3) is 11.0 Å². The molecule has 0 radical (unpaired) electrons.